The maximum atomic E-state index is 10.2. The fourth-order valence-corrected chi connectivity index (χ4v) is 2.10. The number of benzene rings is 1. The molecule has 1 rings (SSSR count). The van der Waals surface area contributed by atoms with Crippen molar-refractivity contribution in [3.05, 3.63) is 29.8 Å². The summed E-state index contributed by atoms with van der Waals surface area (Å²) in [7, 11) is 3.86. The molecular weight excluding hydrogens is 254 g/mol. The maximum absolute atomic E-state index is 10.2. The molecule has 5 nitrogen and oxygen atoms in total. The van der Waals surface area contributed by atoms with Crippen LogP contribution in [0.3, 0.4) is 0 Å². The van der Waals surface area contributed by atoms with E-state index in [-0.39, 0.29) is 6.61 Å². The van der Waals surface area contributed by atoms with Crippen molar-refractivity contribution in [2.45, 2.75) is 19.1 Å². The minimum atomic E-state index is -0.786. The number of nitrogens with zero attached hydrogens (tertiary/aromatic N) is 2. The number of nitrogens with one attached hydrogen (secondary N) is 1. The second-order valence-corrected chi connectivity index (χ2v) is 5.39. The van der Waals surface area contributed by atoms with Gasteiger partial charge >= 0.3 is 0 Å². The molecule has 0 saturated heterocycles. The van der Waals surface area contributed by atoms with Crippen LogP contribution < -0.4 is 10.1 Å². The van der Waals surface area contributed by atoms with E-state index < -0.39 is 5.60 Å². The first kappa shape index (κ1) is 16.4. The van der Waals surface area contributed by atoms with Gasteiger partial charge in [0.2, 0.25) is 0 Å². The Hall–Kier alpha value is -1.61. The van der Waals surface area contributed by atoms with Crippen LogP contribution in [0.25, 0.3) is 0 Å². The maximum Gasteiger partial charge on any atom is 0.174 e. The first-order valence-electron chi connectivity index (χ1n) is 6.60. The van der Waals surface area contributed by atoms with Crippen molar-refractivity contribution in [3.63, 3.8) is 0 Å². The molecular formula is C15H23N3O2. The van der Waals surface area contributed by atoms with Gasteiger partial charge in [0.25, 0.3) is 0 Å². The summed E-state index contributed by atoms with van der Waals surface area (Å²) in [5.41, 5.74) is 0.190. The molecule has 0 heterocycles. The van der Waals surface area contributed by atoms with Gasteiger partial charge in [0.1, 0.15) is 11.8 Å². The Bertz CT molecular complexity index is 453. The van der Waals surface area contributed by atoms with Crippen LogP contribution in [0.1, 0.15) is 12.5 Å². The van der Waals surface area contributed by atoms with Crippen LogP contribution in [0.2, 0.25) is 0 Å². The Morgan fingerprint density at radius 1 is 1.40 bits per heavy atom. The standard InChI is InChI=1S/C15H23N3O2/c1-15(19,12-18(2)3)11-17-10-13-6-4-5-7-14(13)20-9-8-16/h4-7,17,19H,9-12H2,1-3H3. The van der Waals surface area contributed by atoms with Gasteiger partial charge in [0.05, 0.1) is 5.60 Å². The molecule has 1 unspecified atom stereocenters. The van der Waals surface area contributed by atoms with Crippen molar-refractivity contribution < 1.29 is 9.84 Å². The zero-order chi connectivity index (χ0) is 15.0. The van der Waals surface area contributed by atoms with Crippen molar-refractivity contribution in [1.29, 1.82) is 5.26 Å². The molecule has 20 heavy (non-hydrogen) atoms. The lowest BCUT2D eigenvalue weighted by Gasteiger charge is -2.27. The van der Waals surface area contributed by atoms with E-state index in [0.717, 1.165) is 5.56 Å². The van der Waals surface area contributed by atoms with Gasteiger partial charge in [0, 0.05) is 25.2 Å². The van der Waals surface area contributed by atoms with Crippen LogP contribution in [0.15, 0.2) is 24.3 Å². The highest BCUT2D eigenvalue weighted by molar-refractivity contribution is 5.33. The summed E-state index contributed by atoms with van der Waals surface area (Å²) in [6.45, 7) is 3.50. The molecule has 1 aromatic carbocycles. The van der Waals surface area contributed by atoms with E-state index >= 15 is 0 Å². The Morgan fingerprint density at radius 2 is 2.10 bits per heavy atom. The molecule has 0 spiro atoms. The first-order chi connectivity index (χ1) is 9.44. The smallest absolute Gasteiger partial charge is 0.174 e. The van der Waals surface area contributed by atoms with Gasteiger partial charge in [-0.15, -0.1) is 0 Å². The predicted octanol–water partition coefficient (Wildman–Crippen LogP) is 0.991. The molecule has 0 aliphatic heterocycles. The number of rotatable bonds is 8. The van der Waals surface area contributed by atoms with E-state index in [9.17, 15) is 5.11 Å². The highest BCUT2D eigenvalue weighted by atomic mass is 16.5. The van der Waals surface area contributed by atoms with E-state index in [2.05, 4.69) is 5.32 Å². The SMILES string of the molecule is CN(C)CC(C)(O)CNCc1ccccc1OCC#N. The van der Waals surface area contributed by atoms with Crippen LogP contribution in [-0.2, 0) is 6.54 Å². The highest BCUT2D eigenvalue weighted by Crippen LogP contribution is 2.17. The second kappa shape index (κ2) is 7.85. The molecule has 0 bridgehead atoms. The Labute approximate surface area is 120 Å². The molecule has 0 amide bonds. The molecule has 0 saturated carbocycles. The minimum absolute atomic E-state index is 0.0371. The number of hydrogen-bond donors (Lipinski definition) is 2. The van der Waals surface area contributed by atoms with Gasteiger partial charge in [-0.05, 0) is 27.1 Å². The van der Waals surface area contributed by atoms with Gasteiger partial charge < -0.3 is 20.1 Å². The number of para-hydroxylation sites is 1. The first-order valence-corrected chi connectivity index (χ1v) is 6.60. The van der Waals surface area contributed by atoms with E-state index in [4.69, 9.17) is 10.00 Å². The van der Waals surface area contributed by atoms with Gasteiger partial charge in [-0.3, -0.25) is 0 Å². The monoisotopic (exact) mass is 277 g/mol. The molecule has 0 aliphatic rings. The third-order valence-corrected chi connectivity index (χ3v) is 2.74. The average Bonchev–Trinajstić information content (AvgIpc) is 2.36. The third kappa shape index (κ3) is 6.02. The van der Waals surface area contributed by atoms with E-state index in [1.165, 1.54) is 0 Å². The zero-order valence-corrected chi connectivity index (χ0v) is 12.4. The van der Waals surface area contributed by atoms with Crippen molar-refractivity contribution in [2.75, 3.05) is 33.8 Å². The van der Waals surface area contributed by atoms with E-state index in [1.54, 1.807) is 6.92 Å². The van der Waals surface area contributed by atoms with Crippen LogP contribution in [0.5, 0.6) is 5.75 Å². The van der Waals surface area contributed by atoms with Crippen molar-refractivity contribution in [2.24, 2.45) is 0 Å². The van der Waals surface area contributed by atoms with Gasteiger partial charge in [-0.1, -0.05) is 18.2 Å². The lowest BCUT2D eigenvalue weighted by molar-refractivity contribution is 0.0335. The van der Waals surface area contributed by atoms with Gasteiger partial charge in [-0.2, -0.15) is 5.26 Å². The normalized spacial score (nSPS) is 13.8. The Kier molecular flexibility index (Phi) is 6.46. The van der Waals surface area contributed by atoms with Crippen LogP contribution in [0, 0.1) is 11.3 Å². The fraction of sp³-hybridized carbons (Fsp3) is 0.533. The largest absolute Gasteiger partial charge is 0.478 e. The Balaban J connectivity index is 2.51. The molecule has 0 aliphatic carbocycles. The summed E-state index contributed by atoms with van der Waals surface area (Å²) in [5.74, 6) is 0.703. The molecule has 2 N–H and O–H groups in total. The predicted molar refractivity (Wildman–Crippen MR) is 78.4 cm³/mol. The Morgan fingerprint density at radius 3 is 2.75 bits per heavy atom. The van der Waals surface area contributed by atoms with Crippen molar-refractivity contribution in [3.8, 4) is 11.8 Å². The molecule has 0 aromatic heterocycles. The molecule has 5 heteroatoms. The van der Waals surface area contributed by atoms with Crippen LogP contribution >= 0.6 is 0 Å². The molecule has 1 atom stereocenters. The van der Waals surface area contributed by atoms with E-state index in [0.29, 0.717) is 25.4 Å². The van der Waals surface area contributed by atoms with Crippen molar-refractivity contribution >= 4 is 0 Å². The van der Waals surface area contributed by atoms with Gasteiger partial charge in [0.15, 0.2) is 6.61 Å². The summed E-state index contributed by atoms with van der Waals surface area (Å²) in [6, 6.07) is 9.54. The van der Waals surface area contributed by atoms with Crippen LogP contribution in [0.4, 0.5) is 0 Å². The summed E-state index contributed by atoms with van der Waals surface area (Å²) >= 11 is 0. The van der Waals surface area contributed by atoms with Gasteiger partial charge in [-0.25, -0.2) is 0 Å². The number of hydrogen-bond acceptors (Lipinski definition) is 5. The number of ether oxygens (including phenoxy) is 1. The highest BCUT2D eigenvalue weighted by Gasteiger charge is 2.20. The van der Waals surface area contributed by atoms with E-state index in [1.807, 2.05) is 49.3 Å². The summed E-state index contributed by atoms with van der Waals surface area (Å²) in [5, 5.41) is 22.0. The summed E-state index contributed by atoms with van der Waals surface area (Å²) in [4.78, 5) is 1.95. The number of aliphatic hydroxyl groups is 1. The summed E-state index contributed by atoms with van der Waals surface area (Å²) in [6.07, 6.45) is 0. The molecule has 0 fully saturated rings. The zero-order valence-electron chi connectivity index (χ0n) is 12.4. The quantitative estimate of drug-likeness (QED) is 0.741. The molecule has 0 radical (unpaired) electrons. The summed E-state index contributed by atoms with van der Waals surface area (Å²) < 4.78 is 5.36. The topological polar surface area (TPSA) is 68.5 Å². The minimum Gasteiger partial charge on any atom is -0.478 e. The number of nitriles is 1. The second-order valence-electron chi connectivity index (χ2n) is 5.39. The molecule has 110 valence electrons. The third-order valence-electron chi connectivity index (χ3n) is 2.74. The average molecular weight is 277 g/mol. The fourth-order valence-electron chi connectivity index (χ4n) is 2.10. The lowest BCUT2D eigenvalue weighted by atomic mass is 10.1. The molecule has 1 aromatic rings. The number of likely N-dealkylation sites (N-methyl/N-ethyl adjacent to an activating group) is 1. The lowest BCUT2D eigenvalue weighted by Crippen LogP contribution is -2.45. The van der Waals surface area contributed by atoms with Crippen molar-refractivity contribution in [1.82, 2.24) is 10.2 Å². The van der Waals surface area contributed by atoms with Crippen LogP contribution in [-0.4, -0.2) is 49.4 Å².